The fraction of sp³-hybridized carbons (Fsp3) is 0.519. The molecular weight excluding hydrogens is 505 g/mol. The van der Waals surface area contributed by atoms with Gasteiger partial charge in [-0.05, 0) is 62.4 Å². The van der Waals surface area contributed by atoms with Crippen molar-refractivity contribution >= 4 is 15.9 Å². The molecule has 0 N–H and O–H groups in total. The molecular formula is C27H31F3N2O4S. The van der Waals surface area contributed by atoms with Crippen LogP contribution in [-0.2, 0) is 27.8 Å². The SMILES string of the molecule is Cc1ccc(S(=O)(=O)N2CCC[C@H]2C(=O)N(Cc2cc(F)c3c(c2)OCC3)C2CCC(F)(F)CC2)cc1. The van der Waals surface area contributed by atoms with Gasteiger partial charge in [-0.2, -0.15) is 4.31 Å². The highest BCUT2D eigenvalue weighted by atomic mass is 32.2. The van der Waals surface area contributed by atoms with Gasteiger partial charge in [0.2, 0.25) is 21.9 Å². The standard InChI is InChI=1S/C27H31F3N2O4S/c1-18-4-6-21(7-5-18)37(34,35)32-13-2-3-24(32)26(33)31(20-8-11-27(29,30)12-9-20)17-19-15-23(28)22-10-14-36-25(22)16-19/h4-7,15-16,20,24H,2-3,8-14,17H2,1H3/t24-/m0/s1. The van der Waals surface area contributed by atoms with Crippen molar-refractivity contribution < 1.29 is 31.1 Å². The Morgan fingerprint density at radius 1 is 1.14 bits per heavy atom. The number of halogens is 3. The third-order valence-corrected chi connectivity index (χ3v) is 9.63. The smallest absolute Gasteiger partial charge is 0.248 e. The van der Waals surface area contributed by atoms with Crippen LogP contribution in [-0.4, -0.2) is 54.7 Å². The zero-order valence-electron chi connectivity index (χ0n) is 20.8. The Bertz CT molecular complexity index is 1270. The van der Waals surface area contributed by atoms with E-state index in [2.05, 4.69) is 0 Å². The zero-order chi connectivity index (χ0) is 26.4. The number of rotatable bonds is 6. The summed E-state index contributed by atoms with van der Waals surface area (Å²) in [6, 6.07) is 8.09. The molecule has 0 radical (unpaired) electrons. The number of nitrogens with zero attached hydrogens (tertiary/aromatic N) is 2. The minimum atomic E-state index is -3.93. The number of benzene rings is 2. The highest BCUT2D eigenvalue weighted by Crippen LogP contribution is 2.38. The van der Waals surface area contributed by atoms with Gasteiger partial charge in [-0.3, -0.25) is 4.79 Å². The predicted octanol–water partition coefficient (Wildman–Crippen LogP) is 4.83. The van der Waals surface area contributed by atoms with Crippen LogP contribution in [0.15, 0.2) is 41.3 Å². The van der Waals surface area contributed by atoms with Gasteiger partial charge in [0.05, 0.1) is 11.5 Å². The number of fused-ring (bicyclic) bond motifs is 1. The average molecular weight is 537 g/mol. The Balaban J connectivity index is 1.44. The van der Waals surface area contributed by atoms with Crippen molar-refractivity contribution in [1.29, 1.82) is 0 Å². The minimum Gasteiger partial charge on any atom is -0.493 e. The summed E-state index contributed by atoms with van der Waals surface area (Å²) < 4.78 is 76.3. The summed E-state index contributed by atoms with van der Waals surface area (Å²) in [6.07, 6.45) is 0.818. The molecule has 1 aliphatic carbocycles. The molecule has 1 amide bonds. The first-order valence-electron chi connectivity index (χ1n) is 12.8. The van der Waals surface area contributed by atoms with Gasteiger partial charge in [0.25, 0.3) is 0 Å². The first-order chi connectivity index (χ1) is 17.5. The molecule has 5 rings (SSSR count). The average Bonchev–Trinajstić information content (AvgIpc) is 3.53. The van der Waals surface area contributed by atoms with E-state index < -0.39 is 39.8 Å². The van der Waals surface area contributed by atoms with Crippen molar-refractivity contribution in [3.8, 4) is 5.75 Å². The van der Waals surface area contributed by atoms with Crippen LogP contribution in [0.4, 0.5) is 13.2 Å². The molecule has 3 aliphatic rings. The van der Waals surface area contributed by atoms with Gasteiger partial charge in [-0.25, -0.2) is 21.6 Å². The molecule has 2 fully saturated rings. The molecule has 10 heteroatoms. The number of sulfonamides is 1. The maximum atomic E-state index is 14.7. The minimum absolute atomic E-state index is 0.00243. The normalized spacial score (nSPS) is 22.0. The van der Waals surface area contributed by atoms with Crippen LogP contribution in [0.5, 0.6) is 5.75 Å². The Morgan fingerprint density at radius 3 is 2.54 bits per heavy atom. The molecule has 1 saturated heterocycles. The summed E-state index contributed by atoms with van der Waals surface area (Å²) in [5.41, 5.74) is 1.90. The molecule has 6 nitrogen and oxygen atoms in total. The van der Waals surface area contributed by atoms with Gasteiger partial charge in [-0.1, -0.05) is 17.7 Å². The summed E-state index contributed by atoms with van der Waals surface area (Å²) >= 11 is 0. The van der Waals surface area contributed by atoms with Gasteiger partial charge >= 0.3 is 0 Å². The van der Waals surface area contributed by atoms with E-state index in [9.17, 15) is 26.4 Å². The zero-order valence-corrected chi connectivity index (χ0v) is 21.6. The maximum Gasteiger partial charge on any atom is 0.248 e. The van der Waals surface area contributed by atoms with E-state index in [1.165, 1.54) is 27.4 Å². The summed E-state index contributed by atoms with van der Waals surface area (Å²) in [4.78, 5) is 15.6. The van der Waals surface area contributed by atoms with E-state index in [4.69, 9.17) is 4.74 Å². The molecule has 2 aromatic carbocycles. The molecule has 1 saturated carbocycles. The third kappa shape index (κ3) is 5.23. The lowest BCUT2D eigenvalue weighted by molar-refractivity contribution is -0.141. The lowest BCUT2D eigenvalue weighted by Crippen LogP contribution is -2.52. The van der Waals surface area contributed by atoms with Gasteiger partial charge in [0.1, 0.15) is 17.6 Å². The number of alkyl halides is 2. The van der Waals surface area contributed by atoms with E-state index in [0.29, 0.717) is 42.7 Å². The largest absolute Gasteiger partial charge is 0.493 e. The molecule has 2 aliphatic heterocycles. The fourth-order valence-electron chi connectivity index (χ4n) is 5.62. The number of hydrogen-bond acceptors (Lipinski definition) is 4. The van der Waals surface area contributed by atoms with Crippen LogP contribution >= 0.6 is 0 Å². The van der Waals surface area contributed by atoms with Crippen molar-refractivity contribution in [2.45, 2.75) is 81.3 Å². The summed E-state index contributed by atoms with van der Waals surface area (Å²) in [5.74, 6) is -3.20. The topological polar surface area (TPSA) is 66.9 Å². The molecule has 200 valence electrons. The molecule has 0 aromatic heterocycles. The second kappa shape index (κ2) is 9.94. The van der Waals surface area contributed by atoms with Crippen LogP contribution in [0.1, 0.15) is 55.2 Å². The van der Waals surface area contributed by atoms with E-state index in [1.54, 1.807) is 18.2 Å². The lowest BCUT2D eigenvalue weighted by atomic mass is 9.90. The second-order valence-electron chi connectivity index (χ2n) is 10.3. The van der Waals surface area contributed by atoms with Crippen LogP contribution in [0, 0.1) is 12.7 Å². The number of carbonyl (C=O) groups is 1. The second-order valence-corrected chi connectivity index (χ2v) is 12.2. The first kappa shape index (κ1) is 26.0. The van der Waals surface area contributed by atoms with Gasteiger partial charge in [0.15, 0.2) is 0 Å². The van der Waals surface area contributed by atoms with Crippen molar-refractivity contribution in [2.24, 2.45) is 0 Å². The molecule has 0 unspecified atom stereocenters. The van der Waals surface area contributed by atoms with Gasteiger partial charge < -0.3 is 9.64 Å². The number of amides is 1. The molecule has 37 heavy (non-hydrogen) atoms. The first-order valence-corrected chi connectivity index (χ1v) is 14.2. The maximum absolute atomic E-state index is 14.7. The summed E-state index contributed by atoms with van der Waals surface area (Å²) in [7, 11) is -3.93. The van der Waals surface area contributed by atoms with E-state index in [0.717, 1.165) is 5.56 Å². The van der Waals surface area contributed by atoms with Crippen molar-refractivity contribution in [3.63, 3.8) is 0 Å². The van der Waals surface area contributed by atoms with Crippen molar-refractivity contribution in [1.82, 2.24) is 9.21 Å². The molecule has 2 heterocycles. The number of aryl methyl sites for hydroxylation is 1. The van der Waals surface area contributed by atoms with Crippen molar-refractivity contribution in [2.75, 3.05) is 13.2 Å². The Labute approximate surface area is 215 Å². The predicted molar refractivity (Wildman–Crippen MR) is 131 cm³/mol. The summed E-state index contributed by atoms with van der Waals surface area (Å²) in [6.45, 7) is 2.43. The van der Waals surface area contributed by atoms with E-state index in [-0.39, 0.29) is 43.7 Å². The Hall–Kier alpha value is -2.59. The van der Waals surface area contributed by atoms with E-state index in [1.807, 2.05) is 6.92 Å². The number of ether oxygens (including phenoxy) is 1. The molecule has 0 spiro atoms. The Kier molecular flexibility index (Phi) is 7.00. The molecule has 2 aromatic rings. The van der Waals surface area contributed by atoms with Crippen LogP contribution < -0.4 is 4.74 Å². The molecule has 0 bridgehead atoms. The van der Waals surface area contributed by atoms with Gasteiger partial charge in [-0.15, -0.1) is 0 Å². The van der Waals surface area contributed by atoms with Crippen LogP contribution in [0.3, 0.4) is 0 Å². The summed E-state index contributed by atoms with van der Waals surface area (Å²) in [5, 5.41) is 0. The number of hydrogen-bond donors (Lipinski definition) is 0. The highest BCUT2D eigenvalue weighted by molar-refractivity contribution is 7.89. The quantitative estimate of drug-likeness (QED) is 0.531. The van der Waals surface area contributed by atoms with Crippen molar-refractivity contribution in [3.05, 3.63) is 58.9 Å². The monoisotopic (exact) mass is 536 g/mol. The third-order valence-electron chi connectivity index (χ3n) is 7.70. The van der Waals surface area contributed by atoms with E-state index >= 15 is 0 Å². The Morgan fingerprint density at radius 2 is 1.84 bits per heavy atom. The fourth-order valence-corrected chi connectivity index (χ4v) is 7.27. The number of carbonyl (C=O) groups excluding carboxylic acids is 1. The molecule has 1 atom stereocenters. The highest BCUT2D eigenvalue weighted by Gasteiger charge is 2.44. The van der Waals surface area contributed by atoms with Gasteiger partial charge in [0, 0.05) is 44.0 Å². The lowest BCUT2D eigenvalue weighted by Gasteiger charge is -2.39. The van der Waals surface area contributed by atoms with Crippen LogP contribution in [0.2, 0.25) is 0 Å². The van der Waals surface area contributed by atoms with Crippen LogP contribution in [0.25, 0.3) is 0 Å².